The zero-order valence-corrected chi connectivity index (χ0v) is 28.8. The molecular weight excluding hydrogens is 557 g/mol. The third kappa shape index (κ3) is 14.2. The van der Waals surface area contributed by atoms with Crippen LogP contribution in [0.5, 0.6) is 0 Å². The van der Waals surface area contributed by atoms with Gasteiger partial charge in [0.05, 0.1) is 11.2 Å². The number of amides is 3. The maximum atomic E-state index is 13.5. The fourth-order valence-electron chi connectivity index (χ4n) is 4.11. The van der Waals surface area contributed by atoms with Crippen LogP contribution in [0.3, 0.4) is 0 Å². The van der Waals surface area contributed by atoms with E-state index < -0.39 is 77.2 Å². The highest BCUT2D eigenvalue weighted by molar-refractivity contribution is 6.45. The second-order valence-electron chi connectivity index (χ2n) is 15.1. The molecule has 13 heteroatoms. The summed E-state index contributed by atoms with van der Waals surface area (Å²) in [6, 6.07) is -2.17. The Morgan fingerprint density at radius 2 is 1.21 bits per heavy atom. The molecule has 0 bridgehead atoms. The van der Waals surface area contributed by atoms with Crippen LogP contribution in [0.2, 0.25) is 6.32 Å². The van der Waals surface area contributed by atoms with Crippen molar-refractivity contribution in [3.63, 3.8) is 0 Å². The molecule has 1 aliphatic rings. The summed E-state index contributed by atoms with van der Waals surface area (Å²) in [6.07, 6.45) is 0.0599. The molecule has 3 N–H and O–H groups in total. The maximum absolute atomic E-state index is 13.5. The van der Waals surface area contributed by atoms with E-state index >= 15 is 0 Å². The van der Waals surface area contributed by atoms with Gasteiger partial charge in [0.1, 0.15) is 28.9 Å². The van der Waals surface area contributed by atoms with Crippen molar-refractivity contribution in [3.05, 3.63) is 0 Å². The summed E-state index contributed by atoms with van der Waals surface area (Å²) in [4.78, 5) is 51.5. The predicted octanol–water partition coefficient (Wildman–Crippen LogP) is 4.74. The summed E-state index contributed by atoms with van der Waals surface area (Å²) in [7, 11) is -0.447. The third-order valence-corrected chi connectivity index (χ3v) is 6.78. The number of nitrogens with one attached hydrogen (secondary N) is 3. The highest BCUT2D eigenvalue weighted by Crippen LogP contribution is 2.38. The van der Waals surface area contributed by atoms with E-state index in [1.807, 2.05) is 27.7 Å². The van der Waals surface area contributed by atoms with Gasteiger partial charge in [0.25, 0.3) is 0 Å². The average molecular weight is 614 g/mol. The van der Waals surface area contributed by atoms with Crippen molar-refractivity contribution in [3.8, 4) is 0 Å². The molecule has 3 amide bonds. The Labute approximate surface area is 258 Å². The number of carbonyl (C=O) groups is 4. The fraction of sp³-hybridized carbons (Fsp3) is 0.867. The summed E-state index contributed by atoms with van der Waals surface area (Å²) in [5, 5.41) is 7.97. The molecule has 3 atom stereocenters. The second kappa shape index (κ2) is 14.5. The van der Waals surface area contributed by atoms with E-state index in [0.717, 1.165) is 0 Å². The molecule has 0 saturated carbocycles. The molecule has 0 aliphatic carbocycles. The highest BCUT2D eigenvalue weighted by atomic mass is 16.7. The number of ether oxygens (including phenoxy) is 3. The minimum atomic E-state index is -1.15. The Hall–Kier alpha value is -2.54. The molecule has 1 rings (SSSR count). The largest absolute Gasteiger partial charge is 0.458 e. The van der Waals surface area contributed by atoms with Crippen molar-refractivity contribution in [2.45, 2.75) is 156 Å². The van der Waals surface area contributed by atoms with E-state index in [-0.39, 0.29) is 6.54 Å². The second-order valence-corrected chi connectivity index (χ2v) is 15.1. The lowest BCUT2D eigenvalue weighted by molar-refractivity contribution is -0.160. The highest BCUT2D eigenvalue weighted by Gasteiger charge is 2.50. The Balaban J connectivity index is 3.18. The fourth-order valence-corrected chi connectivity index (χ4v) is 4.11. The summed E-state index contributed by atoms with van der Waals surface area (Å²) >= 11 is 0. The van der Waals surface area contributed by atoms with Crippen molar-refractivity contribution in [2.75, 3.05) is 6.54 Å². The van der Waals surface area contributed by atoms with E-state index in [4.69, 9.17) is 23.5 Å². The van der Waals surface area contributed by atoms with Crippen LogP contribution in [0.1, 0.15) is 110 Å². The van der Waals surface area contributed by atoms with Gasteiger partial charge in [-0.1, -0.05) is 6.42 Å². The Morgan fingerprint density at radius 1 is 0.744 bits per heavy atom. The van der Waals surface area contributed by atoms with Crippen LogP contribution in [0.4, 0.5) is 9.59 Å². The predicted molar refractivity (Wildman–Crippen MR) is 164 cm³/mol. The van der Waals surface area contributed by atoms with Crippen LogP contribution in [-0.2, 0) is 33.1 Å². The van der Waals surface area contributed by atoms with Crippen LogP contribution in [0.15, 0.2) is 0 Å². The monoisotopic (exact) mass is 613 g/mol. The summed E-state index contributed by atoms with van der Waals surface area (Å²) in [6.45, 7) is 24.9. The van der Waals surface area contributed by atoms with Crippen molar-refractivity contribution < 1.29 is 42.7 Å². The first kappa shape index (κ1) is 38.5. The summed E-state index contributed by atoms with van der Waals surface area (Å²) < 4.78 is 28.5. The van der Waals surface area contributed by atoms with Gasteiger partial charge in [-0.3, -0.25) is 4.79 Å². The molecule has 1 saturated heterocycles. The molecule has 1 aliphatic heterocycles. The number of rotatable bonds is 11. The number of alkyl carbamates (subject to hydrolysis) is 2. The maximum Gasteiger partial charge on any atom is 0.457 e. The lowest BCUT2D eigenvalue weighted by Gasteiger charge is -2.32. The Kier molecular flexibility index (Phi) is 13.0. The van der Waals surface area contributed by atoms with Gasteiger partial charge in [0.15, 0.2) is 0 Å². The van der Waals surface area contributed by atoms with E-state index in [9.17, 15) is 19.2 Å². The van der Waals surface area contributed by atoms with Crippen LogP contribution in [0.25, 0.3) is 0 Å². The molecule has 0 aromatic heterocycles. The standard InChI is InChI=1S/C30H56BN3O9/c1-19(33-25(38)41-28(8,9)10)22(35)34-21(23(36)39-26(2,3)4)20(18-32-24(37)40-27(5,6)7)16-15-17-31-42-29(11,12)30(13,14)43-31/h19-21H,15-18H2,1-14H3,(H,32,37)(H,33,38)(H,34,35)/t19-,20+,21-/m0/s1. The number of esters is 1. The van der Waals surface area contributed by atoms with Gasteiger partial charge in [-0.25, -0.2) is 14.4 Å². The van der Waals surface area contributed by atoms with Crippen molar-refractivity contribution in [2.24, 2.45) is 5.92 Å². The van der Waals surface area contributed by atoms with Crippen molar-refractivity contribution in [1.29, 1.82) is 0 Å². The minimum Gasteiger partial charge on any atom is -0.458 e. The number of hydrogen-bond acceptors (Lipinski definition) is 9. The normalized spacial score (nSPS) is 18.6. The molecule has 1 fully saturated rings. The smallest absolute Gasteiger partial charge is 0.457 e. The zero-order chi connectivity index (χ0) is 33.6. The minimum absolute atomic E-state index is 0.0103. The van der Waals surface area contributed by atoms with Crippen molar-refractivity contribution in [1.82, 2.24) is 16.0 Å². The van der Waals surface area contributed by atoms with E-state index in [1.165, 1.54) is 6.92 Å². The third-order valence-electron chi connectivity index (χ3n) is 6.78. The molecule has 0 spiro atoms. The Bertz CT molecular complexity index is 965. The number of hydrogen-bond donors (Lipinski definition) is 3. The molecule has 0 unspecified atom stereocenters. The van der Waals surface area contributed by atoms with Crippen LogP contribution in [-0.4, -0.2) is 77.8 Å². The molecule has 0 aromatic rings. The van der Waals surface area contributed by atoms with Gasteiger partial charge < -0.3 is 39.5 Å². The number of carbonyl (C=O) groups excluding carboxylic acids is 4. The molecule has 248 valence electrons. The van der Waals surface area contributed by atoms with Gasteiger partial charge in [0.2, 0.25) is 5.91 Å². The summed E-state index contributed by atoms with van der Waals surface area (Å²) in [5.74, 6) is -1.88. The first-order valence-corrected chi connectivity index (χ1v) is 15.1. The molecular formula is C30H56BN3O9. The summed E-state index contributed by atoms with van der Waals surface area (Å²) in [5.41, 5.74) is -3.29. The van der Waals surface area contributed by atoms with E-state index in [2.05, 4.69) is 16.0 Å². The average Bonchev–Trinajstić information content (AvgIpc) is 2.96. The van der Waals surface area contributed by atoms with Crippen LogP contribution < -0.4 is 16.0 Å². The van der Waals surface area contributed by atoms with Crippen molar-refractivity contribution >= 4 is 31.2 Å². The molecule has 1 heterocycles. The lowest BCUT2D eigenvalue weighted by atomic mass is 9.80. The zero-order valence-electron chi connectivity index (χ0n) is 28.8. The first-order valence-electron chi connectivity index (χ1n) is 15.1. The van der Waals surface area contributed by atoms with Gasteiger partial charge in [-0.15, -0.1) is 0 Å². The van der Waals surface area contributed by atoms with E-state index in [1.54, 1.807) is 62.3 Å². The topological polar surface area (TPSA) is 151 Å². The molecule has 12 nitrogen and oxygen atoms in total. The van der Waals surface area contributed by atoms with Gasteiger partial charge in [0, 0.05) is 12.5 Å². The van der Waals surface area contributed by atoms with Crippen LogP contribution >= 0.6 is 0 Å². The lowest BCUT2D eigenvalue weighted by Crippen LogP contribution is -2.56. The van der Waals surface area contributed by atoms with Gasteiger partial charge >= 0.3 is 25.3 Å². The quantitative estimate of drug-likeness (QED) is 0.171. The van der Waals surface area contributed by atoms with Gasteiger partial charge in [-0.2, -0.15) is 0 Å². The SMILES string of the molecule is C[C@H](NC(=O)OC(C)(C)C)C(=O)N[C@H](C(=O)OC(C)(C)C)[C@H](CCCB1OC(C)(C)C(C)(C)O1)CNC(=O)OC(C)(C)C. The molecule has 43 heavy (non-hydrogen) atoms. The van der Waals surface area contributed by atoms with E-state index in [0.29, 0.717) is 19.2 Å². The van der Waals surface area contributed by atoms with Crippen LogP contribution in [0, 0.1) is 5.92 Å². The Morgan fingerprint density at radius 3 is 1.67 bits per heavy atom. The van der Waals surface area contributed by atoms with Gasteiger partial charge in [-0.05, 0) is 110 Å². The molecule has 0 aromatic carbocycles. The first-order chi connectivity index (χ1) is 19.2. The molecule has 0 radical (unpaired) electrons.